The fourth-order valence-corrected chi connectivity index (χ4v) is 8.34. The molecular weight excluding hydrogens is 461 g/mol. The van der Waals surface area contributed by atoms with Crippen LogP contribution < -0.4 is 3.58 Å². The number of benzene rings is 1. The first-order valence-corrected chi connectivity index (χ1v) is 19.6. The van der Waals surface area contributed by atoms with E-state index in [1.807, 2.05) is 17.7 Å². The topological polar surface area (TPSA) is 77.1 Å². The van der Waals surface area contributed by atoms with Crippen LogP contribution in [0.5, 0.6) is 0 Å². The van der Waals surface area contributed by atoms with Crippen molar-refractivity contribution in [3.63, 3.8) is 0 Å². The van der Waals surface area contributed by atoms with E-state index in [9.17, 15) is 4.79 Å². The summed E-state index contributed by atoms with van der Waals surface area (Å²) in [5.74, 6) is 1.67. The van der Waals surface area contributed by atoms with Crippen LogP contribution in [0.4, 0.5) is 0 Å². The second kappa shape index (κ2) is 6.17. The number of carbonyl (C=O) groups excluding carboxylic acids is 1. The predicted molar refractivity (Wildman–Crippen MR) is 108 cm³/mol. The van der Waals surface area contributed by atoms with Gasteiger partial charge >= 0.3 is 168 Å². The first kappa shape index (κ1) is 17.9. The van der Waals surface area contributed by atoms with E-state index in [1.165, 1.54) is 3.58 Å². The predicted octanol–water partition coefficient (Wildman–Crippen LogP) is 2.93. The molecule has 5 rings (SSSR count). The Morgan fingerprint density at radius 3 is 2.71 bits per heavy atom. The van der Waals surface area contributed by atoms with Crippen molar-refractivity contribution < 1.29 is 9.32 Å². The van der Waals surface area contributed by atoms with Gasteiger partial charge < -0.3 is 0 Å². The second-order valence-electron chi connectivity index (χ2n) is 8.75. The Morgan fingerprint density at radius 1 is 1.21 bits per heavy atom. The van der Waals surface area contributed by atoms with E-state index in [4.69, 9.17) is 4.52 Å². The zero-order chi connectivity index (χ0) is 19.6. The number of carbonyl (C=O) groups is 1. The molecule has 0 unspecified atom stereocenters. The Balaban J connectivity index is 1.70. The minimum atomic E-state index is -2.51. The molecule has 1 aromatic carbocycles. The molecule has 0 saturated heterocycles. The Bertz CT molecular complexity index is 1090. The Morgan fingerprint density at radius 2 is 2.00 bits per heavy atom. The molecule has 0 N–H and O–H groups in total. The second-order valence-corrected chi connectivity index (χ2v) is 23.1. The van der Waals surface area contributed by atoms with E-state index < -0.39 is 18.4 Å². The summed E-state index contributed by atoms with van der Waals surface area (Å²) in [6.07, 6.45) is 4.00. The number of fused-ring (bicyclic) bond motifs is 3. The number of rotatable bonds is 3. The van der Waals surface area contributed by atoms with Gasteiger partial charge in [-0.1, -0.05) is 0 Å². The summed E-state index contributed by atoms with van der Waals surface area (Å²) in [7, 11) is 1.85. The summed E-state index contributed by atoms with van der Waals surface area (Å²) < 4.78 is 8.70. The Labute approximate surface area is 167 Å². The third-order valence-electron chi connectivity index (χ3n) is 5.50. The molecule has 3 heterocycles. The van der Waals surface area contributed by atoms with Crippen LogP contribution >= 0.6 is 0 Å². The normalized spacial score (nSPS) is 16.7. The zero-order valence-electron chi connectivity index (χ0n) is 16.6. The summed E-state index contributed by atoms with van der Waals surface area (Å²) in [4.78, 5) is 31.2. The van der Waals surface area contributed by atoms with Gasteiger partial charge in [-0.05, 0) is 0 Å². The van der Waals surface area contributed by atoms with Crippen LogP contribution in [0.2, 0.25) is 14.8 Å². The number of hydrogen-bond donors (Lipinski definition) is 0. The molecule has 0 radical (unpaired) electrons. The van der Waals surface area contributed by atoms with Crippen molar-refractivity contribution in [1.82, 2.24) is 24.6 Å². The van der Waals surface area contributed by atoms with E-state index in [-0.39, 0.29) is 5.91 Å². The molecule has 1 amide bonds. The van der Waals surface area contributed by atoms with E-state index in [0.717, 1.165) is 29.8 Å². The molecular formula is C20H23N5O2Sn. The molecule has 1 aliphatic heterocycles. The molecule has 1 aliphatic carbocycles. The van der Waals surface area contributed by atoms with Gasteiger partial charge in [0.05, 0.1) is 0 Å². The maximum absolute atomic E-state index is 13.3. The Kier molecular flexibility index (Phi) is 3.94. The van der Waals surface area contributed by atoms with Gasteiger partial charge in [-0.25, -0.2) is 0 Å². The van der Waals surface area contributed by atoms with Gasteiger partial charge in [0.25, 0.3) is 0 Å². The van der Waals surface area contributed by atoms with Crippen molar-refractivity contribution in [3.05, 3.63) is 41.7 Å². The molecule has 2 aromatic heterocycles. The van der Waals surface area contributed by atoms with Crippen molar-refractivity contribution in [1.29, 1.82) is 0 Å². The third-order valence-corrected chi connectivity index (χ3v) is 11.3. The SMILES string of the molecule is CN1Cc2c(-c3noc(C4CC4)n3)ncn2-c2ccc[c]([Sn]([CH3])([CH3])[CH3])c2C1=O. The molecule has 144 valence electrons. The van der Waals surface area contributed by atoms with Gasteiger partial charge in [0.1, 0.15) is 0 Å². The van der Waals surface area contributed by atoms with Gasteiger partial charge in [0.2, 0.25) is 0 Å². The molecule has 28 heavy (non-hydrogen) atoms. The van der Waals surface area contributed by atoms with Crippen LogP contribution in [-0.4, -0.2) is 55.9 Å². The molecule has 3 aromatic rings. The van der Waals surface area contributed by atoms with Gasteiger partial charge in [-0.2, -0.15) is 0 Å². The van der Waals surface area contributed by atoms with Gasteiger partial charge in [-0.15, -0.1) is 0 Å². The van der Waals surface area contributed by atoms with Crippen LogP contribution in [-0.2, 0) is 6.54 Å². The van der Waals surface area contributed by atoms with Crippen LogP contribution in [0, 0.1) is 0 Å². The monoisotopic (exact) mass is 485 g/mol. The van der Waals surface area contributed by atoms with Crippen molar-refractivity contribution >= 4 is 27.9 Å². The summed E-state index contributed by atoms with van der Waals surface area (Å²) in [6, 6.07) is 6.19. The van der Waals surface area contributed by atoms with Crippen LogP contribution in [0.25, 0.3) is 17.2 Å². The first-order valence-electron chi connectivity index (χ1n) is 9.64. The number of hydrogen-bond acceptors (Lipinski definition) is 5. The average molecular weight is 484 g/mol. The summed E-state index contributed by atoms with van der Waals surface area (Å²) in [5, 5.41) is 4.16. The van der Waals surface area contributed by atoms with Crippen LogP contribution in [0.1, 0.15) is 40.7 Å². The van der Waals surface area contributed by atoms with Crippen molar-refractivity contribution in [2.45, 2.75) is 40.1 Å². The van der Waals surface area contributed by atoms with Gasteiger partial charge in [0.15, 0.2) is 0 Å². The van der Waals surface area contributed by atoms with Crippen LogP contribution in [0.3, 0.4) is 0 Å². The van der Waals surface area contributed by atoms with E-state index in [0.29, 0.717) is 29.9 Å². The molecule has 1 saturated carbocycles. The number of nitrogens with zero attached hydrogens (tertiary/aromatic N) is 5. The molecule has 1 fully saturated rings. The maximum atomic E-state index is 13.3. The van der Waals surface area contributed by atoms with Gasteiger partial charge in [-0.3, -0.25) is 0 Å². The summed E-state index contributed by atoms with van der Waals surface area (Å²) in [5.41, 5.74) is 3.33. The number of amides is 1. The van der Waals surface area contributed by atoms with Crippen molar-refractivity contribution in [2.75, 3.05) is 7.05 Å². The van der Waals surface area contributed by atoms with Crippen molar-refractivity contribution in [2.24, 2.45) is 0 Å². The minimum absolute atomic E-state index is 0.0682. The average Bonchev–Trinajstić information content (AvgIpc) is 3.27. The molecule has 0 atom stereocenters. The summed E-state index contributed by atoms with van der Waals surface area (Å²) >= 11 is -2.51. The van der Waals surface area contributed by atoms with Crippen LogP contribution in [0.15, 0.2) is 29.0 Å². The molecule has 0 spiro atoms. The van der Waals surface area contributed by atoms with E-state index in [2.05, 4.69) is 42.1 Å². The standard InChI is InChI=1S/C17H14N5O2.3CH3.Sn/c1-21-8-13-14(15-19-16(24-20-15)10-6-7-10)18-9-22(13)12-5-3-2-4-11(12)17(21)23;;;;/h2-3,5,9-10H,6-8H2,1H3;3*1H3;. The fourth-order valence-electron chi connectivity index (χ4n) is 3.82. The van der Waals surface area contributed by atoms with E-state index in [1.54, 1.807) is 11.2 Å². The molecule has 2 aliphatic rings. The van der Waals surface area contributed by atoms with E-state index >= 15 is 0 Å². The first-order chi connectivity index (χ1) is 13.3. The quantitative estimate of drug-likeness (QED) is 0.535. The number of aromatic nitrogens is 4. The summed E-state index contributed by atoms with van der Waals surface area (Å²) in [6.45, 7) is 0.454. The van der Waals surface area contributed by atoms with Crippen molar-refractivity contribution in [3.8, 4) is 17.2 Å². The Hall–Kier alpha value is -2.16. The molecule has 8 heteroatoms. The third kappa shape index (κ3) is 2.78. The number of imidazole rings is 1. The molecule has 7 nitrogen and oxygen atoms in total. The fraction of sp³-hybridized carbons (Fsp3) is 0.400. The zero-order valence-corrected chi connectivity index (χ0v) is 19.4. The van der Waals surface area contributed by atoms with Gasteiger partial charge in [0, 0.05) is 0 Å². The molecule has 0 bridgehead atoms.